The molecule has 0 fully saturated rings. The molecule has 0 saturated heterocycles. The van der Waals surface area contributed by atoms with E-state index in [1.165, 1.54) is 11.1 Å². The van der Waals surface area contributed by atoms with Gasteiger partial charge in [0.05, 0.1) is 13.2 Å². The van der Waals surface area contributed by atoms with Gasteiger partial charge in [-0.25, -0.2) is 0 Å². The second-order valence-electron chi connectivity index (χ2n) is 3.53. The summed E-state index contributed by atoms with van der Waals surface area (Å²) in [5.74, 6) is 0. The molecular formula is C13H21NO2. The number of ether oxygens (including phenoxy) is 2. The third-order valence-electron chi connectivity index (χ3n) is 2.50. The fourth-order valence-corrected chi connectivity index (χ4v) is 1.64. The summed E-state index contributed by atoms with van der Waals surface area (Å²) in [6.07, 6.45) is 0. The predicted octanol–water partition coefficient (Wildman–Crippen LogP) is 2.22. The molecule has 1 aromatic rings. The zero-order valence-electron chi connectivity index (χ0n) is 10.2. The van der Waals surface area contributed by atoms with Crippen molar-refractivity contribution in [2.75, 3.05) is 13.2 Å². The average molecular weight is 223 g/mol. The van der Waals surface area contributed by atoms with Gasteiger partial charge in [0.15, 0.2) is 0 Å². The molecule has 0 aromatic heterocycles. The van der Waals surface area contributed by atoms with Crippen molar-refractivity contribution < 1.29 is 9.47 Å². The van der Waals surface area contributed by atoms with Crippen molar-refractivity contribution in [3.8, 4) is 0 Å². The lowest BCUT2D eigenvalue weighted by molar-refractivity contribution is 0.129. The van der Waals surface area contributed by atoms with Crippen LogP contribution in [0.3, 0.4) is 0 Å². The van der Waals surface area contributed by atoms with Gasteiger partial charge in [0, 0.05) is 19.8 Å². The Morgan fingerprint density at radius 2 is 1.50 bits per heavy atom. The van der Waals surface area contributed by atoms with Crippen molar-refractivity contribution in [1.29, 1.82) is 0 Å². The van der Waals surface area contributed by atoms with Crippen molar-refractivity contribution >= 4 is 0 Å². The van der Waals surface area contributed by atoms with Crippen LogP contribution >= 0.6 is 0 Å². The van der Waals surface area contributed by atoms with Crippen LogP contribution in [-0.2, 0) is 29.2 Å². The summed E-state index contributed by atoms with van der Waals surface area (Å²) in [7, 11) is 0. The maximum atomic E-state index is 5.78. The van der Waals surface area contributed by atoms with E-state index < -0.39 is 0 Å². The Morgan fingerprint density at radius 1 is 1.00 bits per heavy atom. The molecule has 0 heterocycles. The fourth-order valence-electron chi connectivity index (χ4n) is 1.64. The summed E-state index contributed by atoms with van der Waals surface area (Å²) in [5.41, 5.74) is 9.28. The fraction of sp³-hybridized carbons (Fsp3) is 0.538. The van der Waals surface area contributed by atoms with Gasteiger partial charge in [0.2, 0.25) is 0 Å². The molecule has 0 aliphatic rings. The minimum Gasteiger partial charge on any atom is -0.377 e. The summed E-state index contributed by atoms with van der Waals surface area (Å²) in [6, 6.07) is 6.16. The monoisotopic (exact) mass is 223 g/mol. The minimum atomic E-state index is 0.533. The number of hydrogen-bond acceptors (Lipinski definition) is 3. The van der Waals surface area contributed by atoms with Crippen molar-refractivity contribution in [1.82, 2.24) is 0 Å². The first-order valence-corrected chi connectivity index (χ1v) is 5.78. The number of hydrogen-bond donors (Lipinski definition) is 1. The van der Waals surface area contributed by atoms with Crippen LogP contribution < -0.4 is 5.73 Å². The van der Waals surface area contributed by atoms with Crippen molar-refractivity contribution in [3.05, 3.63) is 34.9 Å². The number of nitrogens with two attached hydrogens (primary N) is 1. The molecule has 90 valence electrons. The first-order valence-electron chi connectivity index (χ1n) is 5.78. The quantitative estimate of drug-likeness (QED) is 0.771. The highest BCUT2D eigenvalue weighted by atomic mass is 16.5. The molecule has 0 unspecified atom stereocenters. The summed E-state index contributed by atoms with van der Waals surface area (Å²) in [4.78, 5) is 0. The Morgan fingerprint density at radius 3 is 1.88 bits per heavy atom. The summed E-state index contributed by atoms with van der Waals surface area (Å²) < 4.78 is 10.9. The lowest BCUT2D eigenvalue weighted by atomic mass is 10.0. The van der Waals surface area contributed by atoms with Gasteiger partial charge < -0.3 is 15.2 Å². The van der Waals surface area contributed by atoms with E-state index in [-0.39, 0.29) is 0 Å². The highest BCUT2D eigenvalue weighted by molar-refractivity contribution is 5.34. The second kappa shape index (κ2) is 7.39. The molecule has 0 bridgehead atoms. The molecule has 0 atom stereocenters. The molecule has 0 aliphatic heterocycles. The van der Waals surface area contributed by atoms with Crippen LogP contribution in [0, 0.1) is 0 Å². The van der Waals surface area contributed by atoms with E-state index >= 15 is 0 Å². The lowest BCUT2D eigenvalue weighted by Gasteiger charge is -2.13. The summed E-state index contributed by atoms with van der Waals surface area (Å²) >= 11 is 0. The van der Waals surface area contributed by atoms with E-state index in [0.29, 0.717) is 19.8 Å². The molecule has 0 amide bonds. The van der Waals surface area contributed by atoms with Crippen LogP contribution in [0.2, 0.25) is 0 Å². The number of benzene rings is 1. The Balaban J connectivity index is 2.82. The van der Waals surface area contributed by atoms with E-state index in [1.54, 1.807) is 0 Å². The molecule has 1 rings (SSSR count). The molecule has 0 saturated carbocycles. The van der Waals surface area contributed by atoms with E-state index in [9.17, 15) is 0 Å². The minimum absolute atomic E-state index is 0.533. The van der Waals surface area contributed by atoms with Gasteiger partial charge in [-0.05, 0) is 30.5 Å². The molecule has 3 nitrogen and oxygen atoms in total. The maximum Gasteiger partial charge on any atom is 0.0719 e. The molecule has 0 spiro atoms. The van der Waals surface area contributed by atoms with Crippen molar-refractivity contribution in [2.24, 2.45) is 5.73 Å². The van der Waals surface area contributed by atoms with E-state index in [1.807, 2.05) is 19.9 Å². The topological polar surface area (TPSA) is 44.5 Å². The first kappa shape index (κ1) is 13.2. The average Bonchev–Trinajstić information content (AvgIpc) is 2.33. The number of rotatable bonds is 7. The molecule has 1 aromatic carbocycles. The standard InChI is InChI=1S/C13H21NO2/c1-3-15-9-11-6-5-7-12(10-16-4-2)13(11)8-14/h5-7H,3-4,8-10,14H2,1-2H3. The molecule has 2 N–H and O–H groups in total. The molecule has 16 heavy (non-hydrogen) atoms. The normalized spacial score (nSPS) is 10.7. The first-order chi connectivity index (χ1) is 7.83. The molecule has 0 aliphatic carbocycles. The Hall–Kier alpha value is -0.900. The smallest absolute Gasteiger partial charge is 0.0719 e. The van der Waals surface area contributed by atoms with Gasteiger partial charge in [-0.1, -0.05) is 18.2 Å². The van der Waals surface area contributed by atoms with Crippen molar-refractivity contribution in [2.45, 2.75) is 33.6 Å². The predicted molar refractivity (Wildman–Crippen MR) is 65.0 cm³/mol. The highest BCUT2D eigenvalue weighted by Crippen LogP contribution is 2.16. The van der Waals surface area contributed by atoms with E-state index in [4.69, 9.17) is 15.2 Å². The Kier molecular flexibility index (Phi) is 6.08. The highest BCUT2D eigenvalue weighted by Gasteiger charge is 2.06. The molecular weight excluding hydrogens is 202 g/mol. The van der Waals surface area contributed by atoms with Crippen LogP contribution in [0.1, 0.15) is 30.5 Å². The van der Waals surface area contributed by atoms with Crippen LogP contribution in [0.4, 0.5) is 0 Å². The van der Waals surface area contributed by atoms with Crippen LogP contribution in [0.25, 0.3) is 0 Å². The van der Waals surface area contributed by atoms with Gasteiger partial charge in [-0.3, -0.25) is 0 Å². The van der Waals surface area contributed by atoms with Crippen LogP contribution in [0.5, 0.6) is 0 Å². The third kappa shape index (κ3) is 3.59. The summed E-state index contributed by atoms with van der Waals surface area (Å²) in [5, 5.41) is 0. The lowest BCUT2D eigenvalue weighted by Crippen LogP contribution is -2.08. The third-order valence-corrected chi connectivity index (χ3v) is 2.50. The molecule has 0 radical (unpaired) electrons. The Bertz CT molecular complexity index is 287. The van der Waals surface area contributed by atoms with E-state index in [2.05, 4.69) is 12.1 Å². The van der Waals surface area contributed by atoms with E-state index in [0.717, 1.165) is 18.8 Å². The van der Waals surface area contributed by atoms with Crippen LogP contribution in [-0.4, -0.2) is 13.2 Å². The second-order valence-corrected chi connectivity index (χ2v) is 3.53. The van der Waals surface area contributed by atoms with Crippen molar-refractivity contribution in [3.63, 3.8) is 0 Å². The van der Waals surface area contributed by atoms with Gasteiger partial charge in [0.1, 0.15) is 0 Å². The van der Waals surface area contributed by atoms with Crippen LogP contribution in [0.15, 0.2) is 18.2 Å². The van der Waals surface area contributed by atoms with Gasteiger partial charge >= 0.3 is 0 Å². The SMILES string of the molecule is CCOCc1cccc(COCC)c1CN. The summed E-state index contributed by atoms with van der Waals surface area (Å²) in [6.45, 7) is 7.22. The van der Waals surface area contributed by atoms with Gasteiger partial charge in [-0.2, -0.15) is 0 Å². The maximum absolute atomic E-state index is 5.78. The van der Waals surface area contributed by atoms with Gasteiger partial charge in [-0.15, -0.1) is 0 Å². The zero-order chi connectivity index (χ0) is 11.8. The largest absolute Gasteiger partial charge is 0.377 e. The Labute approximate surface area is 97.6 Å². The zero-order valence-corrected chi connectivity index (χ0v) is 10.2. The molecule has 3 heteroatoms. The van der Waals surface area contributed by atoms with Gasteiger partial charge in [0.25, 0.3) is 0 Å².